The molecule has 0 amide bonds. The van der Waals surface area contributed by atoms with Crippen LogP contribution in [0.2, 0.25) is 10.0 Å². The van der Waals surface area contributed by atoms with Crippen LogP contribution in [0.1, 0.15) is 16.7 Å². The number of halogens is 2. The van der Waals surface area contributed by atoms with Crippen LogP contribution in [0.5, 0.6) is 11.5 Å². The van der Waals surface area contributed by atoms with E-state index in [9.17, 15) is 15.2 Å². The van der Waals surface area contributed by atoms with Crippen molar-refractivity contribution < 1.29 is 14.8 Å². The molecule has 2 rings (SSSR count). The van der Waals surface area contributed by atoms with E-state index in [0.717, 1.165) is 0 Å². The van der Waals surface area contributed by atoms with E-state index < -0.39 is 16.4 Å². The molecule has 0 aromatic heterocycles. The number of aliphatic imine (C=N–C) groups is 1. The molecule has 0 heterocycles. The smallest absolute Gasteiger partial charge is 0.266 e. The maximum Gasteiger partial charge on any atom is 0.266 e. The summed E-state index contributed by atoms with van der Waals surface area (Å²) >= 11 is 12.1. The standard InChI is InChI=1S/C16H14Cl2N2O4/c1-8-11(16(21)15(20(22)23)9(2)14(8)18)7-19-10-4-5-13(24-3)12(17)6-10/h4-7,21H,1-3H3/p-1. The normalized spacial score (nSPS) is 11.0. The molecule has 0 fully saturated rings. The van der Waals surface area contributed by atoms with Crippen molar-refractivity contribution >= 4 is 40.8 Å². The Morgan fingerprint density at radius 1 is 1.25 bits per heavy atom. The molecule has 8 heteroatoms. The zero-order valence-electron chi connectivity index (χ0n) is 13.1. The average Bonchev–Trinajstić information content (AvgIpc) is 2.52. The lowest BCUT2D eigenvalue weighted by Crippen LogP contribution is -2.07. The highest BCUT2D eigenvalue weighted by atomic mass is 35.5. The molecule has 0 aliphatic heterocycles. The van der Waals surface area contributed by atoms with Crippen LogP contribution in [0.4, 0.5) is 11.4 Å². The summed E-state index contributed by atoms with van der Waals surface area (Å²) in [7, 11) is 1.49. The van der Waals surface area contributed by atoms with Gasteiger partial charge in [0.1, 0.15) is 5.75 Å². The predicted molar refractivity (Wildman–Crippen MR) is 92.3 cm³/mol. The van der Waals surface area contributed by atoms with Gasteiger partial charge in [-0.25, -0.2) is 0 Å². The van der Waals surface area contributed by atoms with Gasteiger partial charge in [0.15, 0.2) is 0 Å². The van der Waals surface area contributed by atoms with E-state index in [0.29, 0.717) is 22.0 Å². The summed E-state index contributed by atoms with van der Waals surface area (Å²) in [4.78, 5) is 14.5. The van der Waals surface area contributed by atoms with E-state index in [-0.39, 0.29) is 16.1 Å². The minimum absolute atomic E-state index is 0.0734. The molecular formula is C16H13Cl2N2O4-. The molecule has 0 saturated carbocycles. The predicted octanol–water partition coefficient (Wildman–Crippen LogP) is 4.35. The molecule has 0 aliphatic carbocycles. The Hall–Kier alpha value is -2.31. The van der Waals surface area contributed by atoms with Crippen LogP contribution in [0.25, 0.3) is 0 Å². The zero-order valence-corrected chi connectivity index (χ0v) is 14.6. The number of hydrogen-bond acceptors (Lipinski definition) is 5. The van der Waals surface area contributed by atoms with Crippen LogP contribution >= 0.6 is 23.2 Å². The molecule has 24 heavy (non-hydrogen) atoms. The minimum Gasteiger partial charge on any atom is -0.867 e. The van der Waals surface area contributed by atoms with Crippen molar-refractivity contribution in [2.75, 3.05) is 7.11 Å². The van der Waals surface area contributed by atoms with Gasteiger partial charge in [0, 0.05) is 11.8 Å². The number of ether oxygens (including phenoxy) is 1. The number of nitro groups is 1. The van der Waals surface area contributed by atoms with Gasteiger partial charge in [0.25, 0.3) is 5.69 Å². The van der Waals surface area contributed by atoms with Crippen LogP contribution < -0.4 is 9.84 Å². The first-order chi connectivity index (χ1) is 11.3. The highest BCUT2D eigenvalue weighted by molar-refractivity contribution is 6.33. The lowest BCUT2D eigenvalue weighted by atomic mass is 10.0. The van der Waals surface area contributed by atoms with Gasteiger partial charge in [-0.15, -0.1) is 0 Å². The monoisotopic (exact) mass is 367 g/mol. The Bertz CT molecular complexity index is 851. The Morgan fingerprint density at radius 3 is 2.46 bits per heavy atom. The Balaban J connectivity index is 2.53. The summed E-state index contributed by atoms with van der Waals surface area (Å²) < 4.78 is 5.05. The maximum absolute atomic E-state index is 12.4. The summed E-state index contributed by atoms with van der Waals surface area (Å²) in [6.07, 6.45) is 1.26. The second-order valence-electron chi connectivity index (χ2n) is 4.99. The van der Waals surface area contributed by atoms with Crippen LogP contribution in [0.3, 0.4) is 0 Å². The molecule has 126 valence electrons. The first kappa shape index (κ1) is 18.0. The van der Waals surface area contributed by atoms with Gasteiger partial charge in [-0.1, -0.05) is 23.2 Å². The van der Waals surface area contributed by atoms with Crippen LogP contribution in [0.15, 0.2) is 23.2 Å². The van der Waals surface area contributed by atoms with Crippen molar-refractivity contribution in [2.24, 2.45) is 4.99 Å². The number of nitro benzene ring substituents is 1. The largest absolute Gasteiger partial charge is 0.867 e. The number of methoxy groups -OCH3 is 1. The number of nitrogens with zero attached hydrogens (tertiary/aromatic N) is 2. The molecule has 0 bridgehead atoms. The summed E-state index contributed by atoms with van der Waals surface area (Å²) in [6, 6.07) is 4.83. The van der Waals surface area contributed by atoms with Crippen molar-refractivity contribution in [1.29, 1.82) is 0 Å². The SMILES string of the molecule is COc1ccc(N=Cc2c(C)c(Cl)c(C)c([N+](=O)[O-])c2[O-])cc1Cl. The second kappa shape index (κ2) is 7.07. The quantitative estimate of drug-likeness (QED) is 0.456. The molecule has 2 aromatic carbocycles. The van der Waals surface area contributed by atoms with E-state index in [1.54, 1.807) is 25.1 Å². The molecule has 6 nitrogen and oxygen atoms in total. The first-order valence-electron chi connectivity index (χ1n) is 6.79. The minimum atomic E-state index is -0.732. The lowest BCUT2D eigenvalue weighted by molar-refractivity contribution is -0.398. The van der Waals surface area contributed by atoms with Crippen LogP contribution in [0, 0.1) is 24.0 Å². The Morgan fingerprint density at radius 2 is 1.92 bits per heavy atom. The first-order valence-corrected chi connectivity index (χ1v) is 7.55. The summed E-state index contributed by atoms with van der Waals surface area (Å²) in [6.45, 7) is 3.06. The number of rotatable bonds is 4. The summed E-state index contributed by atoms with van der Waals surface area (Å²) in [5.74, 6) is -0.229. The number of benzene rings is 2. The van der Waals surface area contributed by atoms with Crippen molar-refractivity contribution in [2.45, 2.75) is 13.8 Å². The van der Waals surface area contributed by atoms with Crippen molar-refractivity contribution in [3.8, 4) is 11.5 Å². The topological polar surface area (TPSA) is 87.8 Å². The lowest BCUT2D eigenvalue weighted by Gasteiger charge is -2.17. The molecule has 0 atom stereocenters. The van der Waals surface area contributed by atoms with E-state index in [2.05, 4.69) is 4.99 Å². The number of hydrogen-bond donors (Lipinski definition) is 0. The molecule has 0 N–H and O–H groups in total. The molecule has 2 aromatic rings. The molecular weight excluding hydrogens is 355 g/mol. The average molecular weight is 368 g/mol. The van der Waals surface area contributed by atoms with Crippen LogP contribution in [-0.4, -0.2) is 18.2 Å². The third kappa shape index (κ3) is 3.29. The van der Waals surface area contributed by atoms with Crippen molar-refractivity contribution in [1.82, 2.24) is 0 Å². The molecule has 0 saturated heterocycles. The molecule has 0 radical (unpaired) electrons. The van der Waals surface area contributed by atoms with Gasteiger partial charge >= 0.3 is 0 Å². The van der Waals surface area contributed by atoms with Gasteiger partial charge in [-0.3, -0.25) is 15.1 Å². The van der Waals surface area contributed by atoms with Gasteiger partial charge in [-0.2, -0.15) is 0 Å². The summed E-state index contributed by atoms with van der Waals surface area (Å²) in [5.41, 5.74) is 0.588. The summed E-state index contributed by atoms with van der Waals surface area (Å²) in [5, 5.41) is 24.0. The second-order valence-corrected chi connectivity index (χ2v) is 5.77. The third-order valence-corrected chi connectivity index (χ3v) is 4.40. The highest BCUT2D eigenvalue weighted by Gasteiger charge is 2.20. The fourth-order valence-electron chi connectivity index (χ4n) is 2.22. The van der Waals surface area contributed by atoms with E-state index in [1.807, 2.05) is 0 Å². The fraction of sp³-hybridized carbons (Fsp3) is 0.188. The maximum atomic E-state index is 12.4. The Labute approximate surface area is 148 Å². The van der Waals surface area contributed by atoms with Gasteiger partial charge in [0.05, 0.1) is 27.8 Å². The van der Waals surface area contributed by atoms with Crippen LogP contribution in [-0.2, 0) is 0 Å². The van der Waals surface area contributed by atoms with Gasteiger partial charge in [-0.05, 0) is 48.9 Å². The Kier molecular flexibility index (Phi) is 5.31. The molecule has 0 spiro atoms. The van der Waals surface area contributed by atoms with E-state index in [4.69, 9.17) is 27.9 Å². The van der Waals surface area contributed by atoms with E-state index in [1.165, 1.54) is 20.2 Å². The molecule has 0 aliphatic rings. The van der Waals surface area contributed by atoms with Gasteiger partial charge in [0.2, 0.25) is 0 Å². The fourth-order valence-corrected chi connectivity index (χ4v) is 2.66. The van der Waals surface area contributed by atoms with E-state index >= 15 is 0 Å². The highest BCUT2D eigenvalue weighted by Crippen LogP contribution is 2.38. The van der Waals surface area contributed by atoms with Crippen molar-refractivity contribution in [3.63, 3.8) is 0 Å². The third-order valence-electron chi connectivity index (χ3n) is 3.54. The van der Waals surface area contributed by atoms with Crippen molar-refractivity contribution in [3.05, 3.63) is 55.0 Å². The zero-order chi connectivity index (χ0) is 18.0. The van der Waals surface area contributed by atoms with Gasteiger partial charge < -0.3 is 9.84 Å². The molecule has 0 unspecified atom stereocenters.